The molecule has 0 bridgehead atoms. The van der Waals surface area contributed by atoms with Crippen LogP contribution in [0.25, 0.3) is 10.6 Å². The van der Waals surface area contributed by atoms with Crippen LogP contribution in [0.3, 0.4) is 0 Å². The van der Waals surface area contributed by atoms with Gasteiger partial charge in [0.25, 0.3) is 5.91 Å². The molecule has 5 heteroatoms. The van der Waals surface area contributed by atoms with Crippen molar-refractivity contribution in [2.24, 2.45) is 0 Å². The Morgan fingerprint density at radius 3 is 2.23 bits per heavy atom. The first-order chi connectivity index (χ1) is 10.2. The number of thiazole rings is 1. The summed E-state index contributed by atoms with van der Waals surface area (Å²) < 4.78 is 0. The molecule has 3 nitrogen and oxygen atoms in total. The van der Waals surface area contributed by atoms with Crippen LogP contribution in [0, 0.1) is 6.92 Å². The first-order valence-corrected chi connectivity index (χ1v) is 7.45. The molecule has 0 spiro atoms. The summed E-state index contributed by atoms with van der Waals surface area (Å²) in [6.45, 7) is 1.86. The molecule has 0 aliphatic carbocycles. The van der Waals surface area contributed by atoms with E-state index in [0.717, 1.165) is 22.0 Å². The molecule has 0 saturated carbocycles. The fourth-order valence-electron chi connectivity index (χ4n) is 2.02. The van der Waals surface area contributed by atoms with Gasteiger partial charge in [-0.15, -0.1) is 23.7 Å². The van der Waals surface area contributed by atoms with Gasteiger partial charge in [-0.25, -0.2) is 4.98 Å². The number of hydrogen-bond acceptors (Lipinski definition) is 3. The van der Waals surface area contributed by atoms with Crippen molar-refractivity contribution >= 4 is 35.3 Å². The molecule has 0 saturated heterocycles. The molecule has 0 atom stereocenters. The number of carbonyl (C=O) groups is 1. The number of para-hydroxylation sites is 1. The van der Waals surface area contributed by atoms with Crippen LogP contribution in [-0.2, 0) is 0 Å². The number of anilines is 1. The number of hydrogen-bond donors (Lipinski definition) is 1. The molecule has 2 aromatic carbocycles. The average Bonchev–Trinajstić information content (AvgIpc) is 2.91. The summed E-state index contributed by atoms with van der Waals surface area (Å²) >= 11 is 1.42. The fraction of sp³-hybridized carbons (Fsp3) is 0.0588. The van der Waals surface area contributed by atoms with Gasteiger partial charge in [-0.2, -0.15) is 0 Å². The third kappa shape index (κ3) is 3.53. The summed E-state index contributed by atoms with van der Waals surface area (Å²) in [6.07, 6.45) is 0. The van der Waals surface area contributed by atoms with Crippen molar-refractivity contribution in [2.75, 3.05) is 5.32 Å². The Kier molecular flexibility index (Phi) is 5.31. The number of carbonyl (C=O) groups excluding carboxylic acids is 1. The Morgan fingerprint density at radius 2 is 1.59 bits per heavy atom. The molecule has 1 N–H and O–H groups in total. The van der Waals surface area contributed by atoms with Gasteiger partial charge in [0.05, 0.1) is 5.69 Å². The molecular weight excluding hydrogens is 316 g/mol. The Labute approximate surface area is 139 Å². The highest BCUT2D eigenvalue weighted by Crippen LogP contribution is 2.28. The van der Waals surface area contributed by atoms with E-state index in [1.807, 2.05) is 67.6 Å². The van der Waals surface area contributed by atoms with Crippen LogP contribution in [0.1, 0.15) is 15.4 Å². The smallest absolute Gasteiger partial charge is 0.267 e. The second-order valence-electron chi connectivity index (χ2n) is 4.62. The molecule has 1 aromatic heterocycles. The SMILES string of the molecule is Cc1nc(-c2ccccc2)sc1C(=O)Nc1ccccc1.Cl. The highest BCUT2D eigenvalue weighted by molar-refractivity contribution is 7.17. The average molecular weight is 331 g/mol. The van der Waals surface area contributed by atoms with E-state index >= 15 is 0 Å². The lowest BCUT2D eigenvalue weighted by atomic mass is 10.2. The summed E-state index contributed by atoms with van der Waals surface area (Å²) in [6, 6.07) is 19.3. The van der Waals surface area contributed by atoms with Crippen LogP contribution in [-0.4, -0.2) is 10.9 Å². The Balaban J connectivity index is 0.00000176. The maximum atomic E-state index is 12.3. The minimum atomic E-state index is -0.113. The van der Waals surface area contributed by atoms with Gasteiger partial charge in [0.15, 0.2) is 0 Å². The Morgan fingerprint density at radius 1 is 1.00 bits per heavy atom. The van der Waals surface area contributed by atoms with E-state index in [1.54, 1.807) is 0 Å². The van der Waals surface area contributed by atoms with Crippen LogP contribution in [0.4, 0.5) is 5.69 Å². The number of amides is 1. The van der Waals surface area contributed by atoms with Gasteiger partial charge < -0.3 is 5.32 Å². The van der Waals surface area contributed by atoms with Crippen LogP contribution in [0.2, 0.25) is 0 Å². The third-order valence-corrected chi connectivity index (χ3v) is 4.26. The summed E-state index contributed by atoms with van der Waals surface area (Å²) in [5.74, 6) is -0.113. The first-order valence-electron chi connectivity index (χ1n) is 6.63. The van der Waals surface area contributed by atoms with Gasteiger partial charge >= 0.3 is 0 Å². The van der Waals surface area contributed by atoms with Crippen molar-refractivity contribution < 1.29 is 4.79 Å². The van der Waals surface area contributed by atoms with E-state index in [4.69, 9.17) is 0 Å². The molecule has 0 aliphatic heterocycles. The lowest BCUT2D eigenvalue weighted by molar-refractivity contribution is 0.103. The number of halogens is 1. The molecule has 1 amide bonds. The normalized spacial score (nSPS) is 9.86. The van der Waals surface area contributed by atoms with Crippen molar-refractivity contribution in [3.63, 3.8) is 0 Å². The molecule has 112 valence electrons. The van der Waals surface area contributed by atoms with Crippen LogP contribution >= 0.6 is 23.7 Å². The summed E-state index contributed by atoms with van der Waals surface area (Å²) in [7, 11) is 0. The molecule has 0 unspecified atom stereocenters. The number of aryl methyl sites for hydroxylation is 1. The second kappa shape index (κ2) is 7.20. The third-order valence-electron chi connectivity index (χ3n) is 3.06. The number of aromatic nitrogens is 1. The molecule has 3 rings (SSSR count). The van der Waals surface area contributed by atoms with Crippen molar-refractivity contribution in [2.45, 2.75) is 6.92 Å². The fourth-order valence-corrected chi connectivity index (χ4v) is 2.99. The Hall–Kier alpha value is -2.17. The van der Waals surface area contributed by atoms with Crippen molar-refractivity contribution in [3.8, 4) is 10.6 Å². The van der Waals surface area contributed by atoms with Gasteiger partial charge in [-0.05, 0) is 19.1 Å². The van der Waals surface area contributed by atoms with E-state index in [9.17, 15) is 4.79 Å². The van der Waals surface area contributed by atoms with Gasteiger partial charge in [0.1, 0.15) is 9.88 Å². The van der Waals surface area contributed by atoms with Gasteiger partial charge in [-0.1, -0.05) is 48.5 Å². The number of nitrogens with zero attached hydrogens (tertiary/aromatic N) is 1. The second-order valence-corrected chi connectivity index (χ2v) is 5.62. The largest absolute Gasteiger partial charge is 0.321 e. The summed E-state index contributed by atoms with van der Waals surface area (Å²) in [5.41, 5.74) is 2.58. The van der Waals surface area contributed by atoms with Crippen LogP contribution in [0.15, 0.2) is 60.7 Å². The summed E-state index contributed by atoms with van der Waals surface area (Å²) in [4.78, 5) is 17.5. The maximum Gasteiger partial charge on any atom is 0.267 e. The van der Waals surface area contributed by atoms with E-state index in [0.29, 0.717) is 4.88 Å². The zero-order valence-corrected chi connectivity index (χ0v) is 13.6. The van der Waals surface area contributed by atoms with E-state index in [-0.39, 0.29) is 18.3 Å². The lowest BCUT2D eigenvalue weighted by Crippen LogP contribution is -2.11. The minimum absolute atomic E-state index is 0. The molecule has 0 aliphatic rings. The molecule has 0 fully saturated rings. The van der Waals surface area contributed by atoms with Crippen molar-refractivity contribution in [3.05, 3.63) is 71.2 Å². The van der Waals surface area contributed by atoms with Crippen molar-refractivity contribution in [1.82, 2.24) is 4.98 Å². The van der Waals surface area contributed by atoms with E-state index in [2.05, 4.69) is 10.3 Å². The molecular formula is C17H15ClN2OS. The van der Waals surface area contributed by atoms with Crippen LogP contribution < -0.4 is 5.32 Å². The number of nitrogens with one attached hydrogen (secondary N) is 1. The zero-order valence-electron chi connectivity index (χ0n) is 11.9. The number of rotatable bonds is 3. The van der Waals surface area contributed by atoms with Gasteiger partial charge in [0, 0.05) is 11.3 Å². The monoisotopic (exact) mass is 330 g/mol. The van der Waals surface area contributed by atoms with Gasteiger partial charge in [-0.3, -0.25) is 4.79 Å². The van der Waals surface area contributed by atoms with Crippen molar-refractivity contribution in [1.29, 1.82) is 0 Å². The summed E-state index contributed by atoms with van der Waals surface area (Å²) in [5, 5.41) is 3.76. The topological polar surface area (TPSA) is 42.0 Å². The molecule has 1 heterocycles. The Bertz CT molecular complexity index is 757. The number of benzene rings is 2. The molecule has 22 heavy (non-hydrogen) atoms. The first kappa shape index (κ1) is 16.2. The van der Waals surface area contributed by atoms with E-state index in [1.165, 1.54) is 11.3 Å². The predicted octanol–water partition coefficient (Wildman–Crippen LogP) is 4.79. The highest BCUT2D eigenvalue weighted by Gasteiger charge is 2.16. The predicted molar refractivity (Wildman–Crippen MR) is 93.9 cm³/mol. The maximum absolute atomic E-state index is 12.3. The van der Waals surface area contributed by atoms with Gasteiger partial charge in [0.2, 0.25) is 0 Å². The zero-order chi connectivity index (χ0) is 14.7. The standard InChI is InChI=1S/C17H14N2OS.ClH/c1-12-15(16(20)19-14-10-6-3-7-11-14)21-17(18-12)13-8-4-2-5-9-13;/h2-11H,1H3,(H,19,20);1H. The highest BCUT2D eigenvalue weighted by atomic mass is 35.5. The molecule has 3 aromatic rings. The lowest BCUT2D eigenvalue weighted by Gasteiger charge is -2.02. The van der Waals surface area contributed by atoms with E-state index < -0.39 is 0 Å². The molecule has 0 radical (unpaired) electrons. The minimum Gasteiger partial charge on any atom is -0.321 e. The van der Waals surface area contributed by atoms with Crippen LogP contribution in [0.5, 0.6) is 0 Å². The quantitative estimate of drug-likeness (QED) is 0.750.